The van der Waals surface area contributed by atoms with Crippen LogP contribution in [0.4, 0.5) is 17.3 Å². The van der Waals surface area contributed by atoms with E-state index in [2.05, 4.69) is 10.3 Å². The molecule has 6 nitrogen and oxygen atoms in total. The maximum Gasteiger partial charge on any atom is 0.276 e. The molecule has 0 aliphatic carbocycles. The van der Waals surface area contributed by atoms with Gasteiger partial charge in [-0.25, -0.2) is 4.98 Å². The molecule has 1 aromatic heterocycles. The third-order valence-electron chi connectivity index (χ3n) is 2.38. The summed E-state index contributed by atoms with van der Waals surface area (Å²) in [4.78, 5) is 14.2. The monoisotopic (exact) mass is 224 g/mol. The van der Waals surface area contributed by atoms with Gasteiger partial charge in [0.1, 0.15) is 11.6 Å². The molecule has 0 aliphatic rings. The first-order chi connectivity index (χ1) is 7.56. The standard InChI is InChI=1S/C10H16N4O2/c1-3-7(4-2)12-10-6-8(14(15)16)5-9(11)13-10/h5-7H,3-4H2,1-2H3,(H3,11,12,13). The fraction of sp³-hybridized carbons (Fsp3) is 0.500. The average molecular weight is 224 g/mol. The number of pyridine rings is 1. The second kappa shape index (κ2) is 5.29. The maximum absolute atomic E-state index is 10.6. The van der Waals surface area contributed by atoms with Gasteiger partial charge in [-0.05, 0) is 12.8 Å². The van der Waals surface area contributed by atoms with E-state index in [0.29, 0.717) is 5.82 Å². The highest BCUT2D eigenvalue weighted by Crippen LogP contribution is 2.20. The summed E-state index contributed by atoms with van der Waals surface area (Å²) in [5, 5.41) is 13.7. The van der Waals surface area contributed by atoms with E-state index in [0.717, 1.165) is 12.8 Å². The van der Waals surface area contributed by atoms with Gasteiger partial charge in [0.25, 0.3) is 5.69 Å². The second-order valence-electron chi connectivity index (χ2n) is 3.55. The lowest BCUT2D eigenvalue weighted by Gasteiger charge is -2.15. The van der Waals surface area contributed by atoms with Gasteiger partial charge >= 0.3 is 0 Å². The third-order valence-corrected chi connectivity index (χ3v) is 2.38. The van der Waals surface area contributed by atoms with Crippen LogP contribution in [0.2, 0.25) is 0 Å². The number of hydrogen-bond donors (Lipinski definition) is 2. The molecule has 3 N–H and O–H groups in total. The Morgan fingerprint density at radius 2 is 2.12 bits per heavy atom. The molecule has 0 bridgehead atoms. The van der Waals surface area contributed by atoms with E-state index in [4.69, 9.17) is 5.73 Å². The molecule has 1 rings (SSSR count). The van der Waals surface area contributed by atoms with Crippen molar-refractivity contribution in [2.45, 2.75) is 32.7 Å². The minimum absolute atomic E-state index is 0.0408. The summed E-state index contributed by atoms with van der Waals surface area (Å²) in [6.07, 6.45) is 1.86. The van der Waals surface area contributed by atoms with Gasteiger partial charge in [0.15, 0.2) is 0 Å². The van der Waals surface area contributed by atoms with Crippen molar-refractivity contribution in [3.8, 4) is 0 Å². The van der Waals surface area contributed by atoms with Crippen molar-refractivity contribution in [1.82, 2.24) is 4.98 Å². The summed E-state index contributed by atoms with van der Waals surface area (Å²) >= 11 is 0. The topological polar surface area (TPSA) is 94.1 Å². The van der Waals surface area contributed by atoms with Crippen LogP contribution in [0.15, 0.2) is 12.1 Å². The summed E-state index contributed by atoms with van der Waals surface area (Å²) in [6, 6.07) is 2.90. The van der Waals surface area contributed by atoms with Gasteiger partial charge in [-0.1, -0.05) is 13.8 Å². The summed E-state index contributed by atoms with van der Waals surface area (Å²) in [5.74, 6) is 0.614. The van der Waals surface area contributed by atoms with Crippen molar-refractivity contribution in [3.63, 3.8) is 0 Å². The minimum atomic E-state index is -0.476. The molecule has 0 radical (unpaired) electrons. The van der Waals surface area contributed by atoms with Crippen molar-refractivity contribution in [2.24, 2.45) is 0 Å². The molecule has 88 valence electrons. The van der Waals surface area contributed by atoms with E-state index in [9.17, 15) is 10.1 Å². The first-order valence-corrected chi connectivity index (χ1v) is 5.25. The van der Waals surface area contributed by atoms with E-state index in [1.807, 2.05) is 13.8 Å². The number of aromatic nitrogens is 1. The van der Waals surface area contributed by atoms with Gasteiger partial charge in [-0.15, -0.1) is 0 Å². The maximum atomic E-state index is 10.6. The molecule has 0 unspecified atom stereocenters. The molecule has 0 fully saturated rings. The SMILES string of the molecule is CCC(CC)Nc1cc([N+](=O)[O-])cc(N)n1. The lowest BCUT2D eigenvalue weighted by atomic mass is 10.2. The highest BCUT2D eigenvalue weighted by atomic mass is 16.6. The Kier molecular flexibility index (Phi) is 4.04. The number of nitro groups is 1. The molecule has 1 aromatic rings. The number of rotatable bonds is 5. The largest absolute Gasteiger partial charge is 0.383 e. The summed E-state index contributed by atoms with van der Waals surface area (Å²) in [6.45, 7) is 4.09. The molecule has 0 saturated heterocycles. The van der Waals surface area contributed by atoms with Gasteiger partial charge in [-0.3, -0.25) is 10.1 Å². The Morgan fingerprint density at radius 1 is 1.50 bits per heavy atom. The van der Waals surface area contributed by atoms with E-state index in [1.165, 1.54) is 12.1 Å². The fourth-order valence-electron chi connectivity index (χ4n) is 1.42. The van der Waals surface area contributed by atoms with Gasteiger partial charge < -0.3 is 11.1 Å². The van der Waals surface area contributed by atoms with Crippen molar-refractivity contribution in [1.29, 1.82) is 0 Å². The summed E-state index contributed by atoms with van der Waals surface area (Å²) in [5.41, 5.74) is 5.46. The zero-order chi connectivity index (χ0) is 12.1. The fourth-order valence-corrected chi connectivity index (χ4v) is 1.42. The van der Waals surface area contributed by atoms with Crippen LogP contribution >= 0.6 is 0 Å². The minimum Gasteiger partial charge on any atom is -0.383 e. The molecule has 0 aromatic carbocycles. The molecule has 1 heterocycles. The van der Waals surface area contributed by atoms with Crippen LogP contribution < -0.4 is 11.1 Å². The summed E-state index contributed by atoms with van der Waals surface area (Å²) in [7, 11) is 0. The zero-order valence-corrected chi connectivity index (χ0v) is 9.43. The van der Waals surface area contributed by atoms with Crippen LogP contribution in [0.1, 0.15) is 26.7 Å². The van der Waals surface area contributed by atoms with Gasteiger partial charge in [-0.2, -0.15) is 0 Å². The van der Waals surface area contributed by atoms with Crippen LogP contribution in [0.5, 0.6) is 0 Å². The molecule has 0 aliphatic heterocycles. The lowest BCUT2D eigenvalue weighted by Crippen LogP contribution is -2.18. The first-order valence-electron chi connectivity index (χ1n) is 5.25. The quantitative estimate of drug-likeness (QED) is 0.590. The average Bonchev–Trinajstić information content (AvgIpc) is 2.25. The van der Waals surface area contributed by atoms with Gasteiger partial charge in [0.2, 0.25) is 0 Å². The van der Waals surface area contributed by atoms with Crippen LogP contribution in [-0.2, 0) is 0 Å². The highest BCUT2D eigenvalue weighted by molar-refractivity contribution is 5.53. The van der Waals surface area contributed by atoms with Crippen molar-refractivity contribution in [2.75, 3.05) is 11.1 Å². The van der Waals surface area contributed by atoms with Crippen LogP contribution in [0, 0.1) is 10.1 Å². The number of nitrogen functional groups attached to an aromatic ring is 1. The van der Waals surface area contributed by atoms with Crippen molar-refractivity contribution >= 4 is 17.3 Å². The molecular weight excluding hydrogens is 208 g/mol. The van der Waals surface area contributed by atoms with Crippen LogP contribution in [0.25, 0.3) is 0 Å². The third kappa shape index (κ3) is 3.08. The molecule has 0 saturated carbocycles. The Bertz CT molecular complexity index is 377. The summed E-state index contributed by atoms with van der Waals surface area (Å²) < 4.78 is 0. The molecule has 0 spiro atoms. The van der Waals surface area contributed by atoms with E-state index in [-0.39, 0.29) is 17.5 Å². The number of anilines is 2. The second-order valence-corrected chi connectivity index (χ2v) is 3.55. The number of hydrogen-bond acceptors (Lipinski definition) is 5. The van der Waals surface area contributed by atoms with E-state index in [1.54, 1.807) is 0 Å². The lowest BCUT2D eigenvalue weighted by molar-refractivity contribution is -0.384. The van der Waals surface area contributed by atoms with E-state index < -0.39 is 4.92 Å². The van der Waals surface area contributed by atoms with E-state index >= 15 is 0 Å². The van der Waals surface area contributed by atoms with Crippen LogP contribution in [0.3, 0.4) is 0 Å². The molecule has 16 heavy (non-hydrogen) atoms. The highest BCUT2D eigenvalue weighted by Gasteiger charge is 2.11. The number of nitrogens with two attached hydrogens (primary N) is 1. The predicted molar refractivity (Wildman–Crippen MR) is 63.3 cm³/mol. The zero-order valence-electron chi connectivity index (χ0n) is 9.43. The predicted octanol–water partition coefficient (Wildman–Crippen LogP) is 2.17. The number of nitrogens with one attached hydrogen (secondary N) is 1. The normalized spacial score (nSPS) is 10.4. The van der Waals surface area contributed by atoms with Crippen LogP contribution in [-0.4, -0.2) is 15.9 Å². The first kappa shape index (κ1) is 12.2. The molecule has 0 atom stereocenters. The van der Waals surface area contributed by atoms with Crippen molar-refractivity contribution < 1.29 is 4.92 Å². The Labute approximate surface area is 94.0 Å². The number of nitrogens with zero attached hydrogens (tertiary/aromatic N) is 2. The molecular formula is C10H16N4O2. The Morgan fingerprint density at radius 3 is 2.62 bits per heavy atom. The Balaban J connectivity index is 2.91. The smallest absolute Gasteiger partial charge is 0.276 e. The van der Waals surface area contributed by atoms with Gasteiger partial charge in [0, 0.05) is 6.04 Å². The van der Waals surface area contributed by atoms with Gasteiger partial charge in [0.05, 0.1) is 17.1 Å². The molecule has 0 amide bonds. The Hall–Kier alpha value is -1.85. The molecule has 6 heteroatoms. The van der Waals surface area contributed by atoms with Crippen molar-refractivity contribution in [3.05, 3.63) is 22.2 Å².